The van der Waals surface area contributed by atoms with Gasteiger partial charge in [0.1, 0.15) is 11.5 Å². The predicted molar refractivity (Wildman–Crippen MR) is 84.2 cm³/mol. The van der Waals surface area contributed by atoms with Crippen LogP contribution in [-0.4, -0.2) is 28.4 Å². The summed E-state index contributed by atoms with van der Waals surface area (Å²) in [7, 11) is 0. The Morgan fingerprint density at radius 3 is 2.74 bits per heavy atom. The van der Waals surface area contributed by atoms with Crippen molar-refractivity contribution >= 4 is 11.9 Å². The molecule has 1 atom stereocenters. The van der Waals surface area contributed by atoms with Gasteiger partial charge < -0.3 is 14.4 Å². The van der Waals surface area contributed by atoms with Gasteiger partial charge in [-0.1, -0.05) is 18.2 Å². The minimum Gasteiger partial charge on any atom is -0.478 e. The molecule has 2 heterocycles. The van der Waals surface area contributed by atoms with Crippen LogP contribution in [0.3, 0.4) is 0 Å². The Bertz CT molecular complexity index is 734. The smallest absolute Gasteiger partial charge is 0.335 e. The number of carbonyl (C=O) groups is 2. The van der Waals surface area contributed by atoms with Crippen molar-refractivity contribution in [2.75, 3.05) is 6.54 Å². The first-order chi connectivity index (χ1) is 11.1. The second-order valence-electron chi connectivity index (χ2n) is 5.83. The maximum Gasteiger partial charge on any atom is 0.335 e. The molecule has 1 aliphatic heterocycles. The fourth-order valence-corrected chi connectivity index (χ4v) is 3.14. The number of benzene rings is 1. The van der Waals surface area contributed by atoms with Crippen molar-refractivity contribution in [2.24, 2.45) is 0 Å². The van der Waals surface area contributed by atoms with Crippen LogP contribution < -0.4 is 0 Å². The number of carbonyl (C=O) groups excluding carboxylic acids is 1. The number of likely N-dealkylation sites (tertiary alicyclic amines) is 1. The van der Waals surface area contributed by atoms with E-state index < -0.39 is 5.97 Å². The van der Waals surface area contributed by atoms with Crippen molar-refractivity contribution in [1.29, 1.82) is 0 Å². The molecule has 1 amide bonds. The first-order valence-corrected chi connectivity index (χ1v) is 7.73. The van der Waals surface area contributed by atoms with Crippen LogP contribution in [0, 0.1) is 6.92 Å². The summed E-state index contributed by atoms with van der Waals surface area (Å²) >= 11 is 0. The topological polar surface area (TPSA) is 70.8 Å². The third-order valence-electron chi connectivity index (χ3n) is 4.25. The van der Waals surface area contributed by atoms with Crippen molar-refractivity contribution in [1.82, 2.24) is 4.90 Å². The average Bonchev–Trinajstić information content (AvgIpc) is 3.15. The SMILES string of the molecule is Cc1ccc(C2CCCN2C(=O)Cc2ccccc2C(=O)O)o1. The van der Waals surface area contributed by atoms with E-state index in [1.54, 1.807) is 23.1 Å². The molecule has 23 heavy (non-hydrogen) atoms. The minimum atomic E-state index is -1.01. The van der Waals surface area contributed by atoms with Gasteiger partial charge in [0, 0.05) is 6.54 Å². The van der Waals surface area contributed by atoms with Gasteiger partial charge in [0.2, 0.25) is 5.91 Å². The average molecular weight is 313 g/mol. The fraction of sp³-hybridized carbons (Fsp3) is 0.333. The van der Waals surface area contributed by atoms with Crippen molar-refractivity contribution in [3.63, 3.8) is 0 Å². The van der Waals surface area contributed by atoms with Crippen molar-refractivity contribution in [3.05, 3.63) is 59.0 Å². The summed E-state index contributed by atoms with van der Waals surface area (Å²) in [6.07, 6.45) is 1.90. The first-order valence-electron chi connectivity index (χ1n) is 7.73. The lowest BCUT2D eigenvalue weighted by Gasteiger charge is -2.23. The van der Waals surface area contributed by atoms with Crippen LogP contribution >= 0.6 is 0 Å². The van der Waals surface area contributed by atoms with Gasteiger partial charge in [-0.05, 0) is 43.5 Å². The molecule has 0 bridgehead atoms. The number of hydrogen-bond donors (Lipinski definition) is 1. The Labute approximate surface area is 134 Å². The Hall–Kier alpha value is -2.56. The van der Waals surface area contributed by atoms with Gasteiger partial charge in [0.15, 0.2) is 0 Å². The van der Waals surface area contributed by atoms with E-state index in [1.165, 1.54) is 6.07 Å². The zero-order chi connectivity index (χ0) is 16.4. The zero-order valence-corrected chi connectivity index (χ0v) is 13.0. The Morgan fingerprint density at radius 1 is 1.26 bits per heavy atom. The molecule has 0 saturated carbocycles. The standard InChI is InChI=1S/C18H19NO4/c1-12-8-9-16(23-12)15-7-4-10-19(15)17(20)11-13-5-2-3-6-14(13)18(21)22/h2-3,5-6,8-9,15H,4,7,10-11H2,1H3,(H,21,22). The molecule has 120 valence electrons. The van der Waals surface area contributed by atoms with Crippen LogP contribution in [0.4, 0.5) is 0 Å². The zero-order valence-electron chi connectivity index (χ0n) is 13.0. The van der Waals surface area contributed by atoms with Gasteiger partial charge in [0.05, 0.1) is 18.0 Å². The number of carboxylic acids is 1. The van der Waals surface area contributed by atoms with Gasteiger partial charge in [-0.15, -0.1) is 0 Å². The molecule has 3 rings (SSSR count). The van der Waals surface area contributed by atoms with Gasteiger partial charge in [0.25, 0.3) is 0 Å². The highest BCUT2D eigenvalue weighted by Crippen LogP contribution is 2.33. The van der Waals surface area contributed by atoms with Crippen LogP contribution in [0.15, 0.2) is 40.8 Å². The molecule has 1 aliphatic rings. The highest BCUT2D eigenvalue weighted by molar-refractivity contribution is 5.91. The maximum absolute atomic E-state index is 12.7. The molecule has 1 unspecified atom stereocenters. The molecule has 0 aliphatic carbocycles. The third kappa shape index (κ3) is 3.13. The summed E-state index contributed by atoms with van der Waals surface area (Å²) in [5, 5.41) is 9.24. The lowest BCUT2D eigenvalue weighted by atomic mass is 10.0. The second kappa shape index (κ2) is 6.28. The van der Waals surface area contributed by atoms with Gasteiger partial charge in [-0.3, -0.25) is 4.79 Å². The van der Waals surface area contributed by atoms with E-state index in [2.05, 4.69) is 0 Å². The molecule has 0 radical (unpaired) electrons. The lowest BCUT2D eigenvalue weighted by Crippen LogP contribution is -2.32. The first kappa shape index (κ1) is 15.3. The minimum absolute atomic E-state index is 0.0480. The number of amides is 1. The normalized spacial score (nSPS) is 17.4. The summed E-state index contributed by atoms with van der Waals surface area (Å²) in [4.78, 5) is 25.7. The van der Waals surface area contributed by atoms with E-state index in [0.29, 0.717) is 12.1 Å². The molecule has 1 N–H and O–H groups in total. The summed E-state index contributed by atoms with van der Waals surface area (Å²) < 4.78 is 5.67. The monoisotopic (exact) mass is 313 g/mol. The van der Waals surface area contributed by atoms with Gasteiger partial charge in [-0.25, -0.2) is 4.79 Å². The molecule has 1 saturated heterocycles. The number of carboxylic acid groups (broad SMARTS) is 1. The van der Waals surface area contributed by atoms with Crippen LogP contribution in [0.1, 0.15) is 46.3 Å². The highest BCUT2D eigenvalue weighted by atomic mass is 16.4. The molecule has 5 heteroatoms. The van der Waals surface area contributed by atoms with Crippen LogP contribution in [0.25, 0.3) is 0 Å². The molecular formula is C18H19NO4. The molecule has 5 nitrogen and oxygen atoms in total. The number of aryl methyl sites for hydroxylation is 1. The third-order valence-corrected chi connectivity index (χ3v) is 4.25. The molecule has 1 aromatic carbocycles. The highest BCUT2D eigenvalue weighted by Gasteiger charge is 2.32. The summed E-state index contributed by atoms with van der Waals surface area (Å²) in [5.41, 5.74) is 0.733. The number of aromatic carboxylic acids is 1. The quantitative estimate of drug-likeness (QED) is 0.941. The van der Waals surface area contributed by atoms with Crippen LogP contribution in [0.2, 0.25) is 0 Å². The number of furan rings is 1. The number of rotatable bonds is 4. The van der Waals surface area contributed by atoms with E-state index in [-0.39, 0.29) is 23.9 Å². The lowest BCUT2D eigenvalue weighted by molar-refractivity contribution is -0.131. The van der Waals surface area contributed by atoms with E-state index in [9.17, 15) is 14.7 Å². The van der Waals surface area contributed by atoms with Crippen LogP contribution in [0.5, 0.6) is 0 Å². The predicted octanol–water partition coefficient (Wildman–Crippen LogP) is 3.19. The fourth-order valence-electron chi connectivity index (χ4n) is 3.14. The van der Waals surface area contributed by atoms with E-state index in [1.807, 2.05) is 19.1 Å². The summed E-state index contributed by atoms with van der Waals surface area (Å²) in [6.45, 7) is 2.56. The maximum atomic E-state index is 12.7. The number of hydrogen-bond acceptors (Lipinski definition) is 3. The Kier molecular flexibility index (Phi) is 4.19. The Morgan fingerprint density at radius 2 is 2.04 bits per heavy atom. The summed E-state index contributed by atoms with van der Waals surface area (Å²) in [5.74, 6) is 0.568. The van der Waals surface area contributed by atoms with Gasteiger partial charge >= 0.3 is 5.97 Å². The molecule has 0 spiro atoms. The van der Waals surface area contributed by atoms with Crippen LogP contribution in [-0.2, 0) is 11.2 Å². The largest absolute Gasteiger partial charge is 0.478 e. The van der Waals surface area contributed by atoms with E-state index in [0.717, 1.165) is 24.4 Å². The molecule has 1 aromatic heterocycles. The molecule has 1 fully saturated rings. The molecular weight excluding hydrogens is 294 g/mol. The molecule has 2 aromatic rings. The summed E-state index contributed by atoms with van der Waals surface area (Å²) in [6, 6.07) is 10.4. The van der Waals surface area contributed by atoms with Gasteiger partial charge in [-0.2, -0.15) is 0 Å². The van der Waals surface area contributed by atoms with E-state index >= 15 is 0 Å². The van der Waals surface area contributed by atoms with Crippen molar-refractivity contribution in [2.45, 2.75) is 32.2 Å². The van der Waals surface area contributed by atoms with Crippen molar-refractivity contribution < 1.29 is 19.1 Å². The second-order valence-corrected chi connectivity index (χ2v) is 5.83. The van der Waals surface area contributed by atoms with Crippen molar-refractivity contribution in [3.8, 4) is 0 Å². The Balaban J connectivity index is 1.79. The van der Waals surface area contributed by atoms with E-state index in [4.69, 9.17) is 4.42 Å². The number of nitrogens with zero attached hydrogens (tertiary/aromatic N) is 1.